The molecule has 0 aliphatic rings. The maximum absolute atomic E-state index is 11.6. The van der Waals surface area contributed by atoms with Gasteiger partial charge >= 0.3 is 5.97 Å². The largest absolute Gasteiger partial charge is 0.407 e. The number of hydrogen-bond donors (Lipinski definition) is 0. The van der Waals surface area contributed by atoms with Crippen LogP contribution in [0.5, 0.6) is 5.88 Å². The van der Waals surface area contributed by atoms with Crippen molar-refractivity contribution < 1.29 is 9.53 Å². The van der Waals surface area contributed by atoms with Gasteiger partial charge in [-0.25, -0.2) is 9.97 Å². The molecule has 4 nitrogen and oxygen atoms in total. The molecule has 0 aliphatic carbocycles. The van der Waals surface area contributed by atoms with Crippen LogP contribution in [0.25, 0.3) is 0 Å². The highest BCUT2D eigenvalue weighted by atomic mass is 16.5. The van der Waals surface area contributed by atoms with Gasteiger partial charge in [-0.3, -0.25) is 4.79 Å². The molecule has 0 aliphatic heterocycles. The molecule has 1 heterocycles. The van der Waals surface area contributed by atoms with E-state index in [4.69, 9.17) is 4.74 Å². The van der Waals surface area contributed by atoms with Gasteiger partial charge in [-0.15, -0.1) is 0 Å². The average molecular weight is 194 g/mol. The highest BCUT2D eigenvalue weighted by Gasteiger charge is 2.27. The third-order valence-electron chi connectivity index (χ3n) is 2.19. The number of rotatable bonds is 3. The van der Waals surface area contributed by atoms with Crippen LogP contribution in [0.3, 0.4) is 0 Å². The Hall–Kier alpha value is -1.45. The molecule has 0 unspecified atom stereocenters. The zero-order valence-corrected chi connectivity index (χ0v) is 8.65. The predicted molar refractivity (Wildman–Crippen MR) is 51.7 cm³/mol. The first kappa shape index (κ1) is 10.6. The molecule has 0 fully saturated rings. The van der Waals surface area contributed by atoms with Crippen molar-refractivity contribution in [3.8, 4) is 5.88 Å². The van der Waals surface area contributed by atoms with Crippen LogP contribution in [0.4, 0.5) is 0 Å². The Morgan fingerprint density at radius 2 is 2.29 bits per heavy atom. The van der Waals surface area contributed by atoms with E-state index in [1.165, 1.54) is 12.5 Å². The third kappa shape index (κ3) is 2.52. The van der Waals surface area contributed by atoms with Gasteiger partial charge in [-0.1, -0.05) is 6.92 Å². The van der Waals surface area contributed by atoms with Gasteiger partial charge in [0.2, 0.25) is 5.88 Å². The SMILES string of the molecule is CCC(C)(C)C(=O)Oc1ccncn1. The van der Waals surface area contributed by atoms with Crippen LogP contribution in [-0.4, -0.2) is 15.9 Å². The molecule has 1 rings (SSSR count). The minimum absolute atomic E-state index is 0.265. The van der Waals surface area contributed by atoms with Crippen LogP contribution in [-0.2, 0) is 4.79 Å². The van der Waals surface area contributed by atoms with Gasteiger partial charge in [-0.2, -0.15) is 0 Å². The van der Waals surface area contributed by atoms with Gasteiger partial charge in [0, 0.05) is 12.3 Å². The summed E-state index contributed by atoms with van der Waals surface area (Å²) in [5.41, 5.74) is -0.467. The van der Waals surface area contributed by atoms with E-state index in [0.717, 1.165) is 6.42 Å². The number of ether oxygens (including phenoxy) is 1. The maximum Gasteiger partial charge on any atom is 0.318 e. The standard InChI is InChI=1S/C10H14N2O2/c1-4-10(2,3)9(13)14-8-5-6-11-7-12-8/h5-7H,4H2,1-3H3. The van der Waals surface area contributed by atoms with Crippen molar-refractivity contribution in [2.24, 2.45) is 5.41 Å². The number of nitrogens with zero attached hydrogens (tertiary/aromatic N) is 2. The van der Waals surface area contributed by atoms with Gasteiger partial charge in [0.25, 0.3) is 0 Å². The monoisotopic (exact) mass is 194 g/mol. The summed E-state index contributed by atoms with van der Waals surface area (Å²) in [4.78, 5) is 19.1. The van der Waals surface area contributed by atoms with Gasteiger partial charge in [0.15, 0.2) is 0 Å². The van der Waals surface area contributed by atoms with Crippen LogP contribution < -0.4 is 4.74 Å². The number of hydrogen-bond acceptors (Lipinski definition) is 4. The van der Waals surface area contributed by atoms with Crippen LogP contribution in [0.2, 0.25) is 0 Å². The topological polar surface area (TPSA) is 52.1 Å². The van der Waals surface area contributed by atoms with Crippen molar-refractivity contribution in [1.82, 2.24) is 9.97 Å². The van der Waals surface area contributed by atoms with Gasteiger partial charge in [0.1, 0.15) is 6.33 Å². The maximum atomic E-state index is 11.6. The van der Waals surface area contributed by atoms with Crippen LogP contribution in [0, 0.1) is 5.41 Å². The van der Waals surface area contributed by atoms with E-state index in [1.807, 2.05) is 20.8 Å². The van der Waals surface area contributed by atoms with E-state index in [0.29, 0.717) is 5.88 Å². The summed E-state index contributed by atoms with van der Waals surface area (Å²) in [6.45, 7) is 5.63. The predicted octanol–water partition coefficient (Wildman–Crippen LogP) is 1.82. The molecule has 0 aromatic carbocycles. The quantitative estimate of drug-likeness (QED) is 0.689. The lowest BCUT2D eigenvalue weighted by Crippen LogP contribution is -2.28. The minimum Gasteiger partial charge on any atom is -0.407 e. The molecular formula is C10H14N2O2. The van der Waals surface area contributed by atoms with Crippen LogP contribution in [0.1, 0.15) is 27.2 Å². The average Bonchev–Trinajstić information content (AvgIpc) is 2.19. The van der Waals surface area contributed by atoms with Crippen molar-refractivity contribution in [2.75, 3.05) is 0 Å². The summed E-state index contributed by atoms with van der Waals surface area (Å²) >= 11 is 0. The zero-order valence-electron chi connectivity index (χ0n) is 8.65. The fourth-order valence-corrected chi connectivity index (χ4v) is 0.716. The van der Waals surface area contributed by atoms with E-state index in [9.17, 15) is 4.79 Å². The minimum atomic E-state index is -0.467. The number of aromatic nitrogens is 2. The second-order valence-electron chi connectivity index (χ2n) is 3.67. The first-order valence-corrected chi connectivity index (χ1v) is 4.54. The van der Waals surface area contributed by atoms with Gasteiger partial charge < -0.3 is 4.74 Å². The Balaban J connectivity index is 2.67. The molecule has 4 heteroatoms. The molecule has 0 saturated carbocycles. The van der Waals surface area contributed by atoms with E-state index in [2.05, 4.69) is 9.97 Å². The lowest BCUT2D eigenvalue weighted by molar-refractivity contribution is -0.144. The van der Waals surface area contributed by atoms with Gasteiger partial charge in [-0.05, 0) is 20.3 Å². The summed E-state index contributed by atoms with van der Waals surface area (Å²) < 4.78 is 5.08. The Morgan fingerprint density at radius 3 is 2.79 bits per heavy atom. The fraction of sp³-hybridized carbons (Fsp3) is 0.500. The lowest BCUT2D eigenvalue weighted by Gasteiger charge is -2.19. The smallest absolute Gasteiger partial charge is 0.318 e. The summed E-state index contributed by atoms with van der Waals surface area (Å²) in [6.07, 6.45) is 3.62. The van der Waals surface area contributed by atoms with Gasteiger partial charge in [0.05, 0.1) is 5.41 Å². The first-order valence-electron chi connectivity index (χ1n) is 4.54. The molecular weight excluding hydrogens is 180 g/mol. The Kier molecular flexibility index (Phi) is 3.17. The molecule has 0 saturated heterocycles. The molecule has 0 N–H and O–H groups in total. The van der Waals surface area contributed by atoms with E-state index in [1.54, 1.807) is 6.07 Å². The fourth-order valence-electron chi connectivity index (χ4n) is 0.716. The van der Waals surface area contributed by atoms with Crippen LogP contribution >= 0.6 is 0 Å². The summed E-state index contributed by atoms with van der Waals surface area (Å²) in [5.74, 6) is 0.0326. The van der Waals surface area contributed by atoms with Crippen molar-refractivity contribution in [1.29, 1.82) is 0 Å². The number of carbonyl (C=O) groups is 1. The number of carbonyl (C=O) groups excluding carboxylic acids is 1. The third-order valence-corrected chi connectivity index (χ3v) is 2.19. The van der Waals surface area contributed by atoms with Crippen molar-refractivity contribution in [3.63, 3.8) is 0 Å². The number of esters is 1. The molecule has 0 atom stereocenters. The summed E-state index contributed by atoms with van der Waals surface area (Å²) in [7, 11) is 0. The second kappa shape index (κ2) is 4.17. The van der Waals surface area contributed by atoms with Crippen molar-refractivity contribution in [2.45, 2.75) is 27.2 Å². The molecule has 0 spiro atoms. The van der Waals surface area contributed by atoms with Crippen molar-refractivity contribution in [3.05, 3.63) is 18.6 Å². The molecule has 0 bridgehead atoms. The zero-order chi connectivity index (χ0) is 10.6. The summed E-state index contributed by atoms with van der Waals surface area (Å²) in [6, 6.07) is 1.56. The van der Waals surface area contributed by atoms with Crippen LogP contribution in [0.15, 0.2) is 18.6 Å². The lowest BCUT2D eigenvalue weighted by atomic mass is 9.91. The highest BCUT2D eigenvalue weighted by molar-refractivity contribution is 5.77. The van der Waals surface area contributed by atoms with E-state index in [-0.39, 0.29) is 5.97 Å². The Labute approximate surface area is 83.3 Å². The van der Waals surface area contributed by atoms with Crippen molar-refractivity contribution >= 4 is 5.97 Å². The molecule has 76 valence electrons. The molecule has 0 amide bonds. The van der Waals surface area contributed by atoms with E-state index < -0.39 is 5.41 Å². The summed E-state index contributed by atoms with van der Waals surface area (Å²) in [5, 5.41) is 0. The molecule has 1 aromatic rings. The first-order chi connectivity index (χ1) is 6.56. The second-order valence-corrected chi connectivity index (χ2v) is 3.67. The van der Waals surface area contributed by atoms with E-state index >= 15 is 0 Å². The Morgan fingerprint density at radius 1 is 1.57 bits per heavy atom. The normalized spacial score (nSPS) is 11.1. The molecule has 14 heavy (non-hydrogen) atoms. The Bertz CT molecular complexity index is 309. The molecule has 0 radical (unpaired) electrons. The highest BCUT2D eigenvalue weighted by Crippen LogP contribution is 2.22. The molecule has 1 aromatic heterocycles.